The van der Waals surface area contributed by atoms with Crippen LogP contribution in [0.5, 0.6) is 0 Å². The van der Waals surface area contributed by atoms with Crippen molar-refractivity contribution in [3.8, 4) is 0 Å². The lowest BCUT2D eigenvalue weighted by molar-refractivity contribution is -0.140. The predicted octanol–water partition coefficient (Wildman–Crippen LogP) is 1.86. The van der Waals surface area contributed by atoms with Crippen LogP contribution >= 0.6 is 11.6 Å². The molecule has 0 aliphatic carbocycles. The highest BCUT2D eigenvalue weighted by Crippen LogP contribution is 2.25. The number of benzene rings is 1. The van der Waals surface area contributed by atoms with Gasteiger partial charge in [-0.05, 0) is 30.5 Å². The Bertz CT molecular complexity index is 634. The van der Waals surface area contributed by atoms with Gasteiger partial charge in [-0.1, -0.05) is 17.7 Å². The van der Waals surface area contributed by atoms with E-state index in [-0.39, 0.29) is 11.6 Å². The van der Waals surface area contributed by atoms with E-state index in [1.807, 2.05) is 0 Å². The zero-order valence-corrected chi connectivity index (χ0v) is 12.0. The monoisotopic (exact) mass is 321 g/mol. The van der Waals surface area contributed by atoms with Crippen molar-refractivity contribution >= 4 is 27.6 Å². The van der Waals surface area contributed by atoms with Gasteiger partial charge in [0.1, 0.15) is 11.9 Å². The van der Waals surface area contributed by atoms with E-state index in [0.717, 1.165) is 10.4 Å². The van der Waals surface area contributed by atoms with Crippen LogP contribution in [0.15, 0.2) is 18.2 Å². The molecule has 1 saturated heterocycles. The molecule has 1 N–H and O–H groups in total. The molecule has 1 aromatic carbocycles. The summed E-state index contributed by atoms with van der Waals surface area (Å²) in [6.45, 7) is 0.189. The largest absolute Gasteiger partial charge is 0.480 e. The third kappa shape index (κ3) is 3.11. The average Bonchev–Trinajstić information content (AvgIpc) is 2.83. The van der Waals surface area contributed by atoms with E-state index in [2.05, 4.69) is 0 Å². The molecule has 2 rings (SSSR count). The van der Waals surface area contributed by atoms with Crippen molar-refractivity contribution in [3.63, 3.8) is 0 Å². The lowest BCUT2D eigenvalue weighted by Crippen LogP contribution is -2.40. The van der Waals surface area contributed by atoms with Gasteiger partial charge < -0.3 is 5.11 Å². The Morgan fingerprint density at radius 2 is 2.20 bits per heavy atom. The normalized spacial score (nSPS) is 20.2. The lowest BCUT2D eigenvalue weighted by Gasteiger charge is -2.21. The van der Waals surface area contributed by atoms with Gasteiger partial charge >= 0.3 is 5.97 Å². The van der Waals surface area contributed by atoms with Gasteiger partial charge in [0.15, 0.2) is 0 Å². The minimum absolute atomic E-state index is 0.158. The summed E-state index contributed by atoms with van der Waals surface area (Å²) in [4.78, 5) is 11.0. The number of nitrogens with zero attached hydrogens (tertiary/aromatic N) is 1. The molecule has 1 atom stereocenters. The van der Waals surface area contributed by atoms with E-state index >= 15 is 0 Å². The fourth-order valence-electron chi connectivity index (χ4n) is 2.24. The summed E-state index contributed by atoms with van der Waals surface area (Å²) in [7, 11) is -3.77. The number of carbonyl (C=O) groups is 1. The summed E-state index contributed by atoms with van der Waals surface area (Å²) in [5.74, 6) is -2.17. The molecule has 1 aliphatic heterocycles. The van der Waals surface area contributed by atoms with E-state index in [1.165, 1.54) is 12.1 Å². The number of aliphatic carboxylic acids is 1. The Morgan fingerprint density at radius 3 is 2.80 bits per heavy atom. The van der Waals surface area contributed by atoms with E-state index in [1.54, 1.807) is 0 Å². The SMILES string of the molecule is O=C(O)[C@H]1CCCN1S(=O)(=O)Cc1ccc(F)c(Cl)c1. The second kappa shape index (κ2) is 5.67. The van der Waals surface area contributed by atoms with Gasteiger partial charge in [-0.2, -0.15) is 4.31 Å². The molecule has 1 fully saturated rings. The van der Waals surface area contributed by atoms with E-state index in [4.69, 9.17) is 16.7 Å². The maximum absolute atomic E-state index is 13.0. The minimum Gasteiger partial charge on any atom is -0.480 e. The Balaban J connectivity index is 2.22. The van der Waals surface area contributed by atoms with Crippen LogP contribution in [0.25, 0.3) is 0 Å². The van der Waals surface area contributed by atoms with Crippen molar-refractivity contribution in [2.45, 2.75) is 24.6 Å². The topological polar surface area (TPSA) is 74.7 Å². The van der Waals surface area contributed by atoms with Gasteiger partial charge in [-0.3, -0.25) is 4.79 Å². The molecule has 1 aromatic rings. The van der Waals surface area contributed by atoms with Crippen LogP contribution in [-0.2, 0) is 20.6 Å². The molecule has 110 valence electrons. The van der Waals surface area contributed by atoms with Gasteiger partial charge in [0.05, 0.1) is 10.8 Å². The maximum atomic E-state index is 13.0. The summed E-state index contributed by atoms with van der Waals surface area (Å²) in [6, 6.07) is 2.63. The first kappa shape index (κ1) is 15.2. The Morgan fingerprint density at radius 1 is 1.50 bits per heavy atom. The minimum atomic E-state index is -3.77. The fourth-order valence-corrected chi connectivity index (χ4v) is 4.20. The lowest BCUT2D eigenvalue weighted by atomic mass is 10.2. The summed E-state index contributed by atoms with van der Waals surface area (Å²) >= 11 is 5.60. The molecule has 1 heterocycles. The van der Waals surface area contributed by atoms with E-state index in [0.29, 0.717) is 18.4 Å². The smallest absolute Gasteiger partial charge is 0.322 e. The summed E-state index contributed by atoms with van der Waals surface area (Å²) < 4.78 is 38.5. The Kier molecular flexibility index (Phi) is 4.31. The van der Waals surface area contributed by atoms with Crippen LogP contribution in [0, 0.1) is 5.82 Å². The predicted molar refractivity (Wildman–Crippen MR) is 71.4 cm³/mol. The molecule has 8 heteroatoms. The zero-order chi connectivity index (χ0) is 14.9. The molecular formula is C12H13ClFNO4S. The maximum Gasteiger partial charge on any atom is 0.322 e. The molecule has 0 amide bonds. The van der Waals surface area contributed by atoms with Crippen LogP contribution in [-0.4, -0.2) is 36.4 Å². The average molecular weight is 322 g/mol. The number of hydrogen-bond donors (Lipinski definition) is 1. The molecular weight excluding hydrogens is 309 g/mol. The first-order valence-corrected chi connectivity index (χ1v) is 7.96. The molecule has 0 radical (unpaired) electrons. The van der Waals surface area contributed by atoms with Crippen molar-refractivity contribution in [3.05, 3.63) is 34.6 Å². The second-order valence-corrected chi connectivity index (χ2v) is 6.94. The van der Waals surface area contributed by atoms with Crippen LogP contribution in [0.2, 0.25) is 5.02 Å². The number of halogens is 2. The van der Waals surface area contributed by atoms with Crippen molar-refractivity contribution < 1.29 is 22.7 Å². The molecule has 0 bridgehead atoms. The third-order valence-electron chi connectivity index (χ3n) is 3.18. The van der Waals surface area contributed by atoms with Crippen molar-refractivity contribution in [1.29, 1.82) is 0 Å². The first-order chi connectivity index (χ1) is 9.31. The zero-order valence-electron chi connectivity index (χ0n) is 10.4. The number of carboxylic acids is 1. The molecule has 0 saturated carbocycles. The highest BCUT2D eigenvalue weighted by Gasteiger charge is 2.38. The van der Waals surface area contributed by atoms with Gasteiger partial charge in [0.25, 0.3) is 0 Å². The van der Waals surface area contributed by atoms with Crippen molar-refractivity contribution in [1.82, 2.24) is 4.31 Å². The Labute approximate surface area is 121 Å². The second-order valence-electron chi connectivity index (χ2n) is 4.61. The first-order valence-electron chi connectivity index (χ1n) is 5.97. The molecule has 1 aliphatic rings. The van der Waals surface area contributed by atoms with Crippen molar-refractivity contribution in [2.75, 3.05) is 6.54 Å². The molecule has 5 nitrogen and oxygen atoms in total. The number of rotatable bonds is 4. The number of carboxylic acid groups (broad SMARTS) is 1. The summed E-state index contributed by atoms with van der Waals surface area (Å²) in [5, 5.41) is 8.86. The Hall–Kier alpha value is -1.18. The van der Waals surface area contributed by atoms with E-state index in [9.17, 15) is 17.6 Å². The van der Waals surface area contributed by atoms with Gasteiger partial charge in [0, 0.05) is 6.54 Å². The van der Waals surface area contributed by atoms with Crippen LogP contribution in [0.4, 0.5) is 4.39 Å². The molecule has 0 aromatic heterocycles. The van der Waals surface area contributed by atoms with E-state index < -0.39 is 33.6 Å². The highest BCUT2D eigenvalue weighted by molar-refractivity contribution is 7.88. The van der Waals surface area contributed by atoms with Gasteiger partial charge in [-0.25, -0.2) is 12.8 Å². The fraction of sp³-hybridized carbons (Fsp3) is 0.417. The number of sulfonamides is 1. The summed E-state index contributed by atoms with van der Waals surface area (Å²) in [5.41, 5.74) is 0.326. The third-order valence-corrected chi connectivity index (χ3v) is 5.32. The number of hydrogen-bond acceptors (Lipinski definition) is 3. The molecule has 0 unspecified atom stereocenters. The van der Waals surface area contributed by atoms with Crippen molar-refractivity contribution in [2.24, 2.45) is 0 Å². The van der Waals surface area contributed by atoms with Gasteiger partial charge in [-0.15, -0.1) is 0 Å². The van der Waals surface area contributed by atoms with Crippen LogP contribution in [0.1, 0.15) is 18.4 Å². The summed E-state index contributed by atoms with van der Waals surface area (Å²) in [6.07, 6.45) is 0.819. The van der Waals surface area contributed by atoms with Crippen LogP contribution in [0.3, 0.4) is 0 Å². The highest BCUT2D eigenvalue weighted by atomic mass is 35.5. The van der Waals surface area contributed by atoms with Crippen LogP contribution < -0.4 is 0 Å². The molecule has 0 spiro atoms. The standard InChI is InChI=1S/C12H13ClFNO4S/c13-9-6-8(3-4-10(9)14)7-20(18,19)15-5-1-2-11(15)12(16)17/h3-4,6,11H,1-2,5,7H2,(H,16,17)/t11-/m1/s1. The molecule has 20 heavy (non-hydrogen) atoms. The van der Waals surface area contributed by atoms with Gasteiger partial charge in [0.2, 0.25) is 10.0 Å². The quantitative estimate of drug-likeness (QED) is 0.918.